The second-order valence-corrected chi connectivity index (χ2v) is 8.65. The lowest BCUT2D eigenvalue weighted by Gasteiger charge is -2.31. The van der Waals surface area contributed by atoms with Gasteiger partial charge in [0.05, 0.1) is 23.9 Å². The molecule has 2 heterocycles. The molecule has 3 aromatic rings. The number of carboxylic acids is 1. The normalized spacial score (nSPS) is 14.1. The first-order valence-corrected chi connectivity index (χ1v) is 11.0. The van der Waals surface area contributed by atoms with E-state index in [9.17, 15) is 9.59 Å². The minimum absolute atomic E-state index is 0.00647. The first kappa shape index (κ1) is 21.2. The zero-order valence-corrected chi connectivity index (χ0v) is 18.3. The molecule has 0 radical (unpaired) electrons. The van der Waals surface area contributed by atoms with Gasteiger partial charge in [-0.15, -0.1) is 11.8 Å². The van der Waals surface area contributed by atoms with Crippen molar-refractivity contribution in [2.45, 2.75) is 24.4 Å². The number of pyridine rings is 1. The highest BCUT2D eigenvalue weighted by Gasteiger charge is 2.29. The van der Waals surface area contributed by atoms with Crippen LogP contribution in [-0.4, -0.2) is 27.7 Å². The lowest BCUT2D eigenvalue weighted by molar-refractivity contribution is -0.116. The Kier molecular flexibility index (Phi) is 6.15. The van der Waals surface area contributed by atoms with Gasteiger partial charge in [-0.3, -0.25) is 4.79 Å². The van der Waals surface area contributed by atoms with Gasteiger partial charge in [-0.05, 0) is 48.4 Å². The summed E-state index contributed by atoms with van der Waals surface area (Å²) in [4.78, 5) is 31.1. The smallest absolute Gasteiger partial charge is 0.335 e. The Bertz CT molecular complexity index is 1140. The van der Waals surface area contributed by atoms with Crippen LogP contribution in [0.25, 0.3) is 0 Å². The summed E-state index contributed by atoms with van der Waals surface area (Å²) in [7, 11) is 0. The molecular weight excluding hydrogens is 434 g/mol. The third-order valence-corrected chi connectivity index (χ3v) is 6.32. The van der Waals surface area contributed by atoms with Crippen molar-refractivity contribution in [3.63, 3.8) is 0 Å². The fourth-order valence-electron chi connectivity index (χ4n) is 3.45. The molecular formula is C23H20ClN3O3S. The highest BCUT2D eigenvalue weighted by molar-refractivity contribution is 8.00. The zero-order chi connectivity index (χ0) is 22.0. The number of aromatic carboxylic acids is 1. The summed E-state index contributed by atoms with van der Waals surface area (Å²) < 4.78 is 0. The average Bonchev–Trinajstić information content (AvgIpc) is 2.76. The SMILES string of the molecule is CC(Nc1nccc2c1N(Cc1cccc(Cl)c1)C(=O)CS2)c1ccc(C(=O)O)cc1. The molecule has 158 valence electrons. The number of nitrogens with one attached hydrogen (secondary N) is 1. The van der Waals surface area contributed by atoms with Gasteiger partial charge >= 0.3 is 5.97 Å². The molecule has 0 saturated carbocycles. The minimum atomic E-state index is -0.960. The van der Waals surface area contributed by atoms with E-state index in [4.69, 9.17) is 16.7 Å². The van der Waals surface area contributed by atoms with E-state index in [0.29, 0.717) is 23.1 Å². The number of anilines is 2. The van der Waals surface area contributed by atoms with Crippen LogP contribution in [0.2, 0.25) is 5.02 Å². The molecule has 1 atom stereocenters. The Balaban J connectivity index is 1.64. The van der Waals surface area contributed by atoms with E-state index in [2.05, 4.69) is 10.3 Å². The molecule has 8 heteroatoms. The molecule has 0 aliphatic carbocycles. The monoisotopic (exact) mass is 453 g/mol. The van der Waals surface area contributed by atoms with E-state index in [1.54, 1.807) is 41.4 Å². The molecule has 1 amide bonds. The van der Waals surface area contributed by atoms with Crippen LogP contribution in [0.4, 0.5) is 11.5 Å². The number of fused-ring (bicyclic) bond motifs is 1. The van der Waals surface area contributed by atoms with Gasteiger partial charge in [0.1, 0.15) is 5.69 Å². The summed E-state index contributed by atoms with van der Waals surface area (Å²) in [6.45, 7) is 2.37. The molecule has 1 aliphatic heterocycles. The summed E-state index contributed by atoms with van der Waals surface area (Å²) in [5.41, 5.74) is 2.84. The van der Waals surface area contributed by atoms with Crippen LogP contribution in [0.15, 0.2) is 65.7 Å². The fraction of sp³-hybridized carbons (Fsp3) is 0.174. The largest absolute Gasteiger partial charge is 0.478 e. The number of thioether (sulfide) groups is 1. The van der Waals surface area contributed by atoms with Crippen molar-refractivity contribution < 1.29 is 14.7 Å². The maximum Gasteiger partial charge on any atom is 0.335 e. The van der Waals surface area contributed by atoms with Crippen molar-refractivity contribution in [1.82, 2.24) is 4.98 Å². The highest BCUT2D eigenvalue weighted by atomic mass is 35.5. The molecule has 0 bridgehead atoms. The molecule has 4 rings (SSSR count). The van der Waals surface area contributed by atoms with E-state index in [0.717, 1.165) is 21.7 Å². The highest BCUT2D eigenvalue weighted by Crippen LogP contribution is 2.41. The third-order valence-electron chi connectivity index (χ3n) is 5.05. The number of nitrogens with zero attached hydrogens (tertiary/aromatic N) is 2. The number of halogens is 1. The molecule has 1 aliphatic rings. The van der Waals surface area contributed by atoms with Crippen LogP contribution >= 0.6 is 23.4 Å². The molecule has 1 aromatic heterocycles. The summed E-state index contributed by atoms with van der Waals surface area (Å²) >= 11 is 7.62. The molecule has 31 heavy (non-hydrogen) atoms. The third kappa shape index (κ3) is 4.68. The molecule has 2 aromatic carbocycles. The lowest BCUT2D eigenvalue weighted by Crippen LogP contribution is -2.35. The quantitative estimate of drug-likeness (QED) is 0.530. The predicted molar refractivity (Wildman–Crippen MR) is 123 cm³/mol. The van der Waals surface area contributed by atoms with Gasteiger partial charge in [0, 0.05) is 16.1 Å². The van der Waals surface area contributed by atoms with E-state index in [-0.39, 0.29) is 17.5 Å². The number of carbonyl (C=O) groups excluding carboxylic acids is 1. The lowest BCUT2D eigenvalue weighted by atomic mass is 10.1. The van der Waals surface area contributed by atoms with E-state index < -0.39 is 5.97 Å². The fourth-order valence-corrected chi connectivity index (χ4v) is 4.60. The maximum absolute atomic E-state index is 12.8. The summed E-state index contributed by atoms with van der Waals surface area (Å²) in [6, 6.07) is 15.9. The van der Waals surface area contributed by atoms with Gasteiger partial charge in [-0.1, -0.05) is 35.9 Å². The van der Waals surface area contributed by atoms with Crippen molar-refractivity contribution in [3.05, 3.63) is 82.5 Å². The molecule has 1 unspecified atom stereocenters. The number of carboxylic acid groups (broad SMARTS) is 1. The summed E-state index contributed by atoms with van der Waals surface area (Å²) in [5.74, 6) is 0.0171. The van der Waals surface area contributed by atoms with Crippen molar-refractivity contribution >= 4 is 46.7 Å². The zero-order valence-electron chi connectivity index (χ0n) is 16.7. The van der Waals surface area contributed by atoms with E-state index in [1.807, 2.05) is 31.2 Å². The number of hydrogen-bond donors (Lipinski definition) is 2. The van der Waals surface area contributed by atoms with E-state index in [1.165, 1.54) is 11.8 Å². The van der Waals surface area contributed by atoms with Gasteiger partial charge < -0.3 is 15.3 Å². The van der Waals surface area contributed by atoms with Crippen LogP contribution in [-0.2, 0) is 11.3 Å². The van der Waals surface area contributed by atoms with Gasteiger partial charge in [0.15, 0.2) is 5.82 Å². The van der Waals surface area contributed by atoms with Crippen molar-refractivity contribution in [2.24, 2.45) is 0 Å². The maximum atomic E-state index is 12.8. The first-order chi connectivity index (χ1) is 14.9. The van der Waals surface area contributed by atoms with Gasteiger partial charge in [-0.2, -0.15) is 0 Å². The average molecular weight is 454 g/mol. The predicted octanol–water partition coefficient (Wildman–Crippen LogP) is 5.25. The molecule has 6 nitrogen and oxygen atoms in total. The molecule has 2 N–H and O–H groups in total. The summed E-state index contributed by atoms with van der Waals surface area (Å²) in [5, 5.41) is 13.1. The second-order valence-electron chi connectivity index (χ2n) is 7.20. The standard InChI is InChI=1S/C23H20ClN3O3S/c1-14(16-5-7-17(8-6-16)23(29)30)26-22-21-19(9-10-25-22)31-13-20(28)27(21)12-15-3-2-4-18(24)11-15/h2-11,14H,12-13H2,1H3,(H,25,26)(H,29,30). The van der Waals surface area contributed by atoms with Crippen LogP contribution in [0.5, 0.6) is 0 Å². The molecule has 0 saturated heterocycles. The van der Waals surface area contributed by atoms with Crippen LogP contribution in [0.1, 0.15) is 34.5 Å². The van der Waals surface area contributed by atoms with E-state index >= 15 is 0 Å². The van der Waals surface area contributed by atoms with Crippen molar-refractivity contribution in [2.75, 3.05) is 16.0 Å². The summed E-state index contributed by atoms with van der Waals surface area (Å²) in [6.07, 6.45) is 1.72. The number of aromatic nitrogens is 1. The Morgan fingerprint density at radius 1 is 1.26 bits per heavy atom. The number of rotatable bonds is 6. The van der Waals surface area contributed by atoms with Crippen LogP contribution in [0, 0.1) is 0 Å². The number of carbonyl (C=O) groups is 2. The molecule has 0 fully saturated rings. The number of hydrogen-bond acceptors (Lipinski definition) is 5. The topological polar surface area (TPSA) is 82.5 Å². The van der Waals surface area contributed by atoms with Crippen molar-refractivity contribution in [1.29, 1.82) is 0 Å². The Labute approximate surface area is 189 Å². The Hall–Kier alpha value is -3.03. The van der Waals surface area contributed by atoms with Gasteiger partial charge in [0.2, 0.25) is 5.91 Å². The van der Waals surface area contributed by atoms with Crippen molar-refractivity contribution in [3.8, 4) is 0 Å². The second kappa shape index (κ2) is 8.99. The van der Waals surface area contributed by atoms with Gasteiger partial charge in [0.25, 0.3) is 0 Å². The first-order valence-electron chi connectivity index (χ1n) is 9.69. The van der Waals surface area contributed by atoms with Gasteiger partial charge in [-0.25, -0.2) is 9.78 Å². The number of benzene rings is 2. The molecule has 0 spiro atoms. The van der Waals surface area contributed by atoms with Crippen LogP contribution in [0.3, 0.4) is 0 Å². The Morgan fingerprint density at radius 3 is 2.74 bits per heavy atom. The number of amides is 1. The minimum Gasteiger partial charge on any atom is -0.478 e. The Morgan fingerprint density at radius 2 is 2.03 bits per heavy atom. The van der Waals surface area contributed by atoms with Crippen LogP contribution < -0.4 is 10.2 Å².